The van der Waals surface area contributed by atoms with E-state index in [1.54, 1.807) is 0 Å². The second-order valence-electron chi connectivity index (χ2n) is 3.63. The summed E-state index contributed by atoms with van der Waals surface area (Å²) < 4.78 is 0. The third kappa shape index (κ3) is 6.65. The third-order valence-corrected chi connectivity index (χ3v) is 2.86. The van der Waals surface area contributed by atoms with E-state index in [-0.39, 0.29) is 51.3 Å². The maximum atomic E-state index is 10.4. The molecule has 0 aliphatic rings. The largest absolute Gasteiger partial charge is 1.00 e. The molecule has 116 valence electrons. The van der Waals surface area contributed by atoms with Gasteiger partial charge in [0.2, 0.25) is 0 Å². The van der Waals surface area contributed by atoms with Crippen molar-refractivity contribution in [2.24, 2.45) is 0 Å². The molecule has 0 saturated heterocycles. The summed E-state index contributed by atoms with van der Waals surface area (Å²) in [4.78, 5) is 27.7. The van der Waals surface area contributed by atoms with Gasteiger partial charge in [-0.25, -0.2) is 14.8 Å². The zero-order chi connectivity index (χ0) is 16.9. The van der Waals surface area contributed by atoms with Crippen molar-refractivity contribution in [3.63, 3.8) is 0 Å². The molecule has 2 heterocycles. The number of carboxylic acids is 2. The van der Waals surface area contributed by atoms with Crippen LogP contribution in [0.15, 0.2) is 24.3 Å². The zero-order valence-corrected chi connectivity index (χ0v) is 13.9. The Morgan fingerprint density at radius 1 is 1.00 bits per heavy atom. The number of nitrogen functional groups attached to an aromatic ring is 1. The quantitative estimate of drug-likeness (QED) is 0.500. The van der Waals surface area contributed by atoms with Crippen molar-refractivity contribution in [3.8, 4) is 0 Å². The molecule has 0 unspecified atom stereocenters. The van der Waals surface area contributed by atoms with E-state index < -0.39 is 11.9 Å². The summed E-state index contributed by atoms with van der Waals surface area (Å²) in [5, 5.41) is 19.0. The molecule has 0 aromatic carbocycles. The normalized spacial score (nSPS) is 9.17. The fourth-order valence-corrected chi connectivity index (χ4v) is 1.77. The second-order valence-corrected chi connectivity index (χ2v) is 4.76. The van der Waals surface area contributed by atoms with Gasteiger partial charge in [-0.1, -0.05) is 34.8 Å². The van der Waals surface area contributed by atoms with E-state index >= 15 is 0 Å². The molecule has 0 atom stereocenters. The summed E-state index contributed by atoms with van der Waals surface area (Å²) in [6.45, 7) is 0. The smallest absolute Gasteiger partial charge is 0.545 e. The van der Waals surface area contributed by atoms with Crippen molar-refractivity contribution in [2.45, 2.75) is 0 Å². The van der Waals surface area contributed by atoms with E-state index in [2.05, 4.69) is 9.97 Å². The summed E-state index contributed by atoms with van der Waals surface area (Å²) in [5.41, 5.74) is 5.02. The first-order chi connectivity index (χ1) is 10.2. The van der Waals surface area contributed by atoms with Crippen LogP contribution >= 0.6 is 34.8 Å². The molecule has 23 heavy (non-hydrogen) atoms. The van der Waals surface area contributed by atoms with Gasteiger partial charge in [0.25, 0.3) is 0 Å². The summed E-state index contributed by atoms with van der Waals surface area (Å²) in [5.74, 6) is -2.59. The molecule has 0 aliphatic carbocycles. The van der Waals surface area contributed by atoms with E-state index in [4.69, 9.17) is 45.6 Å². The summed E-state index contributed by atoms with van der Waals surface area (Å²) in [7, 11) is 0. The minimum absolute atomic E-state index is 0. The van der Waals surface area contributed by atoms with Crippen molar-refractivity contribution in [1.29, 1.82) is 0 Å². The number of anilines is 1. The number of aromatic carboxylic acids is 2. The predicted octanol–water partition coefficient (Wildman–Crippen LogP) is -1.23. The van der Waals surface area contributed by atoms with E-state index in [1.165, 1.54) is 24.3 Å². The Hall–Kier alpha value is -1.49. The van der Waals surface area contributed by atoms with E-state index in [1.807, 2.05) is 0 Å². The van der Waals surface area contributed by atoms with Crippen LogP contribution in [0.25, 0.3) is 0 Å². The number of hydrogen-bond donors (Lipinski definition) is 2. The Labute approximate surface area is 157 Å². The predicted molar refractivity (Wildman–Crippen MR) is 79.2 cm³/mol. The molecule has 2 aromatic heterocycles. The Kier molecular flexibility index (Phi) is 8.98. The number of nitrogens with zero attached hydrogens (tertiary/aromatic N) is 2. The molecule has 0 aliphatic heterocycles. The van der Waals surface area contributed by atoms with Gasteiger partial charge >= 0.3 is 24.8 Å². The first-order valence-electron chi connectivity index (χ1n) is 5.41. The maximum Gasteiger partial charge on any atom is 1.00 e. The molecular formula is C12H7Cl3LiN3O4. The summed E-state index contributed by atoms with van der Waals surface area (Å²) in [6, 6.07) is 5.26. The average molecular weight is 371 g/mol. The van der Waals surface area contributed by atoms with Crippen LogP contribution in [-0.2, 0) is 0 Å². The van der Waals surface area contributed by atoms with Crippen molar-refractivity contribution in [1.82, 2.24) is 9.97 Å². The van der Waals surface area contributed by atoms with Crippen LogP contribution in [-0.4, -0.2) is 27.0 Å². The van der Waals surface area contributed by atoms with Gasteiger partial charge in [-0.05, 0) is 24.3 Å². The molecule has 3 N–H and O–H groups in total. The van der Waals surface area contributed by atoms with E-state index in [0.717, 1.165) is 0 Å². The fraction of sp³-hybridized carbons (Fsp3) is 0. The minimum Gasteiger partial charge on any atom is -0.545 e. The van der Waals surface area contributed by atoms with Gasteiger partial charge in [-0.2, -0.15) is 0 Å². The Bertz CT molecular complexity index is 669. The molecule has 7 nitrogen and oxygen atoms in total. The number of carbonyl (C=O) groups excluding carboxylic acids is 1. The molecular weight excluding hydrogens is 363 g/mol. The number of pyridine rings is 2. The molecule has 11 heteroatoms. The molecule has 0 amide bonds. The van der Waals surface area contributed by atoms with Crippen LogP contribution in [0.5, 0.6) is 0 Å². The summed E-state index contributed by atoms with van der Waals surface area (Å²) >= 11 is 16.3. The maximum absolute atomic E-state index is 10.4. The second kappa shape index (κ2) is 9.60. The van der Waals surface area contributed by atoms with Gasteiger partial charge in [-0.3, -0.25) is 0 Å². The van der Waals surface area contributed by atoms with Gasteiger partial charge in [0.15, 0.2) is 0 Å². The number of carboxylic acid groups (broad SMARTS) is 2. The molecule has 0 spiro atoms. The van der Waals surface area contributed by atoms with Crippen LogP contribution in [0.3, 0.4) is 0 Å². The minimum atomic E-state index is -1.35. The molecule has 2 aromatic rings. The number of aromatic nitrogens is 2. The fourth-order valence-electron chi connectivity index (χ4n) is 1.19. The van der Waals surface area contributed by atoms with Gasteiger partial charge in [0.05, 0.1) is 11.5 Å². The van der Waals surface area contributed by atoms with Crippen LogP contribution in [0.1, 0.15) is 20.7 Å². The first-order valence-corrected chi connectivity index (χ1v) is 6.54. The number of carbonyl (C=O) groups is 2. The standard InChI is InChI=1S/C6H3Cl2NO2.C6H5ClN2O2.Li/c2*7-4-2-1-3(6(10)11)5(8)9-4;/h1-2H,(H,10,11);1-2H,(H2,8,9)(H,10,11);/q;;+1/p-1. The first kappa shape index (κ1) is 21.5. The van der Waals surface area contributed by atoms with Crippen molar-refractivity contribution >= 4 is 52.6 Å². The molecule has 0 bridgehead atoms. The number of hydrogen-bond acceptors (Lipinski definition) is 6. The SMILES string of the molecule is Nc1nc(Cl)ccc1C(=O)[O-].O=C(O)c1ccc(Cl)nc1Cl.[Li+]. The molecule has 0 fully saturated rings. The Morgan fingerprint density at radius 2 is 1.48 bits per heavy atom. The van der Waals surface area contributed by atoms with E-state index in [0.29, 0.717) is 0 Å². The Morgan fingerprint density at radius 3 is 1.87 bits per heavy atom. The van der Waals surface area contributed by atoms with Crippen LogP contribution < -0.4 is 29.7 Å². The van der Waals surface area contributed by atoms with E-state index in [9.17, 15) is 14.7 Å². The van der Waals surface area contributed by atoms with Gasteiger partial charge < -0.3 is 20.7 Å². The van der Waals surface area contributed by atoms with Crippen molar-refractivity contribution in [3.05, 3.63) is 50.9 Å². The molecule has 0 saturated carbocycles. The topological polar surface area (TPSA) is 129 Å². The van der Waals surface area contributed by atoms with Gasteiger partial charge in [0, 0.05) is 5.56 Å². The Balaban J connectivity index is 0.000000403. The van der Waals surface area contributed by atoms with Gasteiger partial charge in [-0.15, -0.1) is 0 Å². The average Bonchev–Trinajstić information content (AvgIpc) is 2.38. The van der Waals surface area contributed by atoms with Crippen molar-refractivity contribution in [2.75, 3.05) is 5.73 Å². The molecule has 0 radical (unpaired) electrons. The molecule has 2 rings (SSSR count). The van der Waals surface area contributed by atoms with Crippen LogP contribution in [0, 0.1) is 0 Å². The summed E-state index contributed by atoms with van der Waals surface area (Å²) in [6.07, 6.45) is 0. The van der Waals surface area contributed by atoms with Crippen LogP contribution in [0.2, 0.25) is 15.5 Å². The monoisotopic (exact) mass is 369 g/mol. The van der Waals surface area contributed by atoms with Crippen molar-refractivity contribution < 1.29 is 38.7 Å². The third-order valence-electron chi connectivity index (χ3n) is 2.16. The zero-order valence-electron chi connectivity index (χ0n) is 11.6. The number of nitrogens with two attached hydrogens (primary N) is 1. The number of rotatable bonds is 2. The van der Waals surface area contributed by atoms with Gasteiger partial charge in [0.1, 0.15) is 21.3 Å². The van der Waals surface area contributed by atoms with Crippen LogP contribution in [0.4, 0.5) is 5.82 Å². The number of halogens is 3.